The number of rotatable bonds is 6. The standard InChI is InChI=1S/C22H26ClN3O3/c1-28-22(27)11-16-2-5-20(6-3-16)29-15-17-10-19-14-26(9-8-25(19)13-17)21-7-4-18(23)12-24-21/h2-7,12,17,19H,8-11,13-15H2,1H3. The SMILES string of the molecule is COC(=O)Cc1ccc(OCC2CC3CN(c4ccc(Cl)cn4)CCN3C2)cc1. The summed E-state index contributed by atoms with van der Waals surface area (Å²) in [7, 11) is 1.40. The van der Waals surface area contributed by atoms with Gasteiger partial charge in [-0.05, 0) is 36.2 Å². The van der Waals surface area contributed by atoms with Gasteiger partial charge in [0.05, 0.1) is 25.2 Å². The number of halogens is 1. The van der Waals surface area contributed by atoms with Crippen molar-refractivity contribution in [2.24, 2.45) is 5.92 Å². The van der Waals surface area contributed by atoms with Gasteiger partial charge in [0.1, 0.15) is 11.6 Å². The number of methoxy groups -OCH3 is 1. The normalized spacial score (nSPS) is 21.7. The van der Waals surface area contributed by atoms with Crippen molar-refractivity contribution < 1.29 is 14.3 Å². The molecule has 3 heterocycles. The molecule has 6 nitrogen and oxygen atoms in total. The van der Waals surface area contributed by atoms with Gasteiger partial charge in [-0.15, -0.1) is 0 Å². The predicted octanol–water partition coefficient (Wildman–Crippen LogP) is 3.04. The molecule has 2 aromatic rings. The van der Waals surface area contributed by atoms with Gasteiger partial charge in [0.15, 0.2) is 0 Å². The topological polar surface area (TPSA) is 54.9 Å². The van der Waals surface area contributed by atoms with Crippen LogP contribution in [0.5, 0.6) is 5.75 Å². The molecule has 2 unspecified atom stereocenters. The fourth-order valence-electron chi connectivity index (χ4n) is 4.19. The molecule has 1 aromatic heterocycles. The molecule has 1 aromatic carbocycles. The number of carbonyl (C=O) groups is 1. The Kier molecular flexibility index (Phi) is 6.21. The first-order chi connectivity index (χ1) is 14.1. The third-order valence-electron chi connectivity index (χ3n) is 5.72. The molecule has 7 heteroatoms. The maximum absolute atomic E-state index is 11.3. The van der Waals surface area contributed by atoms with E-state index in [1.165, 1.54) is 7.11 Å². The molecular formula is C22H26ClN3O3. The maximum atomic E-state index is 11.3. The van der Waals surface area contributed by atoms with Gasteiger partial charge in [-0.25, -0.2) is 4.98 Å². The maximum Gasteiger partial charge on any atom is 0.309 e. The Morgan fingerprint density at radius 3 is 2.72 bits per heavy atom. The second-order valence-corrected chi connectivity index (χ2v) is 8.18. The Morgan fingerprint density at radius 1 is 1.17 bits per heavy atom. The van der Waals surface area contributed by atoms with Gasteiger partial charge in [-0.2, -0.15) is 0 Å². The van der Waals surface area contributed by atoms with Crippen molar-refractivity contribution in [2.45, 2.75) is 18.9 Å². The first-order valence-corrected chi connectivity index (χ1v) is 10.4. The Bertz CT molecular complexity index is 828. The molecule has 2 saturated heterocycles. The Balaban J connectivity index is 1.27. The molecule has 0 saturated carbocycles. The second kappa shape index (κ2) is 9.01. The highest BCUT2D eigenvalue weighted by atomic mass is 35.5. The van der Waals surface area contributed by atoms with Gasteiger partial charge in [0, 0.05) is 44.3 Å². The van der Waals surface area contributed by atoms with E-state index in [0.717, 1.165) is 49.7 Å². The van der Waals surface area contributed by atoms with Crippen LogP contribution in [0.1, 0.15) is 12.0 Å². The summed E-state index contributed by atoms with van der Waals surface area (Å²) < 4.78 is 10.7. The molecule has 0 amide bonds. The molecular weight excluding hydrogens is 390 g/mol. The molecule has 0 bridgehead atoms. The average molecular weight is 416 g/mol. The van der Waals surface area contributed by atoms with Gasteiger partial charge < -0.3 is 14.4 Å². The van der Waals surface area contributed by atoms with Crippen LogP contribution >= 0.6 is 11.6 Å². The van der Waals surface area contributed by atoms with Gasteiger partial charge in [0.25, 0.3) is 0 Å². The van der Waals surface area contributed by atoms with E-state index in [-0.39, 0.29) is 12.4 Å². The number of fused-ring (bicyclic) bond motifs is 1. The fourth-order valence-corrected chi connectivity index (χ4v) is 4.30. The van der Waals surface area contributed by atoms with E-state index in [4.69, 9.17) is 21.1 Å². The highest BCUT2D eigenvalue weighted by Crippen LogP contribution is 2.29. The van der Waals surface area contributed by atoms with Gasteiger partial charge in [-0.3, -0.25) is 9.69 Å². The Labute approximate surface area is 176 Å². The van der Waals surface area contributed by atoms with E-state index in [9.17, 15) is 4.79 Å². The van der Waals surface area contributed by atoms with Gasteiger partial charge >= 0.3 is 5.97 Å². The second-order valence-electron chi connectivity index (χ2n) is 7.74. The molecule has 2 fully saturated rings. The van der Waals surface area contributed by atoms with Crippen LogP contribution in [0.2, 0.25) is 5.02 Å². The molecule has 0 spiro atoms. The molecule has 0 radical (unpaired) electrons. The number of anilines is 1. The lowest BCUT2D eigenvalue weighted by atomic mass is 10.1. The molecule has 2 aliphatic rings. The fraction of sp³-hybridized carbons (Fsp3) is 0.455. The minimum Gasteiger partial charge on any atom is -0.493 e. The molecule has 2 atom stereocenters. The molecule has 0 aliphatic carbocycles. The summed E-state index contributed by atoms with van der Waals surface area (Å²) in [5.74, 6) is 2.13. The highest BCUT2D eigenvalue weighted by Gasteiger charge is 2.36. The molecule has 4 rings (SSSR count). The number of aromatic nitrogens is 1. The zero-order chi connectivity index (χ0) is 20.2. The number of pyridine rings is 1. The largest absolute Gasteiger partial charge is 0.493 e. The Morgan fingerprint density at radius 2 is 2.00 bits per heavy atom. The summed E-state index contributed by atoms with van der Waals surface area (Å²) in [5, 5.41) is 0.670. The third kappa shape index (κ3) is 5.00. The van der Waals surface area contributed by atoms with Crippen molar-refractivity contribution in [3.8, 4) is 5.75 Å². The van der Waals surface area contributed by atoms with Crippen LogP contribution in [0.25, 0.3) is 0 Å². The Hall–Kier alpha value is -2.31. The van der Waals surface area contributed by atoms with Crippen LogP contribution < -0.4 is 9.64 Å². The van der Waals surface area contributed by atoms with Crippen LogP contribution in [0.15, 0.2) is 42.6 Å². The molecule has 0 N–H and O–H groups in total. The van der Waals surface area contributed by atoms with Gasteiger partial charge in [-0.1, -0.05) is 23.7 Å². The minimum absolute atomic E-state index is 0.232. The van der Waals surface area contributed by atoms with Crippen LogP contribution in [-0.4, -0.2) is 61.8 Å². The lowest BCUT2D eigenvalue weighted by Crippen LogP contribution is -2.50. The summed E-state index contributed by atoms with van der Waals surface area (Å²) >= 11 is 5.96. The first-order valence-electron chi connectivity index (χ1n) is 10.00. The smallest absolute Gasteiger partial charge is 0.309 e. The number of benzene rings is 1. The van der Waals surface area contributed by atoms with Crippen LogP contribution in [0.4, 0.5) is 5.82 Å². The van der Waals surface area contributed by atoms with Crippen LogP contribution in [-0.2, 0) is 16.0 Å². The van der Waals surface area contributed by atoms with Crippen LogP contribution in [0.3, 0.4) is 0 Å². The summed E-state index contributed by atoms with van der Waals surface area (Å²) in [6, 6.07) is 12.1. The van der Waals surface area contributed by atoms with E-state index < -0.39 is 0 Å². The van der Waals surface area contributed by atoms with Crippen LogP contribution in [0, 0.1) is 5.92 Å². The van der Waals surface area contributed by atoms with E-state index >= 15 is 0 Å². The summed E-state index contributed by atoms with van der Waals surface area (Å²) in [4.78, 5) is 20.7. The zero-order valence-electron chi connectivity index (χ0n) is 16.6. The van der Waals surface area contributed by atoms with Gasteiger partial charge in [0.2, 0.25) is 0 Å². The predicted molar refractivity (Wildman–Crippen MR) is 113 cm³/mol. The van der Waals surface area contributed by atoms with E-state index in [2.05, 4.69) is 14.8 Å². The van der Waals surface area contributed by atoms with E-state index in [1.807, 2.05) is 36.4 Å². The first kappa shape index (κ1) is 20.0. The highest BCUT2D eigenvalue weighted by molar-refractivity contribution is 6.30. The number of hydrogen-bond donors (Lipinski definition) is 0. The lowest BCUT2D eigenvalue weighted by Gasteiger charge is -2.38. The monoisotopic (exact) mass is 415 g/mol. The van der Waals surface area contributed by atoms with E-state index in [1.54, 1.807) is 6.20 Å². The molecule has 2 aliphatic heterocycles. The summed E-state index contributed by atoms with van der Waals surface area (Å²) in [5.41, 5.74) is 0.929. The van der Waals surface area contributed by atoms with Crippen molar-refractivity contribution in [3.63, 3.8) is 0 Å². The average Bonchev–Trinajstić information content (AvgIpc) is 3.16. The number of esters is 1. The summed E-state index contributed by atoms with van der Waals surface area (Å²) in [6.07, 6.45) is 3.13. The number of piperazine rings is 1. The lowest BCUT2D eigenvalue weighted by molar-refractivity contribution is -0.139. The summed E-state index contributed by atoms with van der Waals surface area (Å²) in [6.45, 7) is 4.82. The number of ether oxygens (including phenoxy) is 2. The number of carbonyl (C=O) groups excluding carboxylic acids is 1. The molecule has 29 heavy (non-hydrogen) atoms. The third-order valence-corrected chi connectivity index (χ3v) is 5.95. The number of nitrogens with zero attached hydrogens (tertiary/aromatic N) is 3. The van der Waals surface area contributed by atoms with Crippen molar-refractivity contribution in [1.82, 2.24) is 9.88 Å². The van der Waals surface area contributed by atoms with Crippen molar-refractivity contribution >= 4 is 23.4 Å². The molecule has 154 valence electrons. The number of hydrogen-bond acceptors (Lipinski definition) is 6. The minimum atomic E-state index is -0.232. The van der Waals surface area contributed by atoms with Crippen molar-refractivity contribution in [2.75, 3.05) is 44.8 Å². The zero-order valence-corrected chi connectivity index (χ0v) is 17.3. The quantitative estimate of drug-likeness (QED) is 0.676. The van der Waals surface area contributed by atoms with Crippen molar-refractivity contribution in [3.05, 3.63) is 53.2 Å². The van der Waals surface area contributed by atoms with E-state index in [0.29, 0.717) is 23.6 Å². The van der Waals surface area contributed by atoms with Crippen molar-refractivity contribution in [1.29, 1.82) is 0 Å².